The van der Waals surface area contributed by atoms with Crippen LogP contribution >= 0.6 is 0 Å². The molecule has 0 bridgehead atoms. The van der Waals surface area contributed by atoms with Crippen LogP contribution in [0.2, 0.25) is 0 Å². The number of aryl methyl sites for hydroxylation is 3. The van der Waals surface area contributed by atoms with Crippen LogP contribution in [0, 0.1) is 20.8 Å². The maximum Gasteiger partial charge on any atom is 1.00 e. The number of carbonyl (C=O) groups is 2. The summed E-state index contributed by atoms with van der Waals surface area (Å²) in [5, 5.41) is 4.40. The van der Waals surface area contributed by atoms with Crippen molar-refractivity contribution in [1.82, 2.24) is 14.8 Å². The largest absolute Gasteiger partial charge is 1.00 e. The monoisotopic (exact) mass is 422 g/mol. The summed E-state index contributed by atoms with van der Waals surface area (Å²) in [6.45, 7) is 5.04. The van der Waals surface area contributed by atoms with Crippen molar-refractivity contribution >= 4 is 38.5 Å². The molecule has 0 atom stereocenters. The van der Waals surface area contributed by atoms with Crippen molar-refractivity contribution in [2.75, 3.05) is 4.90 Å². The Morgan fingerprint density at radius 3 is 2.17 bits per heavy atom. The zero-order chi connectivity index (χ0) is 20.5. The van der Waals surface area contributed by atoms with Gasteiger partial charge in [-0.1, -0.05) is 0 Å². The first-order valence-corrected chi connectivity index (χ1v) is 9.72. The second kappa shape index (κ2) is 6.99. The summed E-state index contributed by atoms with van der Waals surface area (Å²) in [7, 11) is -3.02. The number of aromatic nitrogens is 3. The van der Waals surface area contributed by atoms with Crippen molar-refractivity contribution in [3.05, 3.63) is 46.4 Å². The van der Waals surface area contributed by atoms with E-state index in [1.54, 1.807) is 32.5 Å². The molecular formula is C18H15N4NaO5S. The Morgan fingerprint density at radius 1 is 1.00 bits per heavy atom. The van der Waals surface area contributed by atoms with E-state index in [2.05, 4.69) is 10.1 Å². The SMILES string of the molecule is Cc1nc2ccc(S(=O)(=O)[O-])cc2c2c1C(=O)N(c1c(C)nn(C)c1C)C2=O.[Na+]. The number of fused-ring (bicyclic) bond motifs is 3. The summed E-state index contributed by atoms with van der Waals surface area (Å²) in [6.07, 6.45) is 0. The number of hydrogen-bond donors (Lipinski definition) is 0. The van der Waals surface area contributed by atoms with E-state index in [-0.39, 0.29) is 46.1 Å². The molecule has 1 aliphatic rings. The molecule has 0 saturated carbocycles. The zero-order valence-electron chi connectivity index (χ0n) is 16.5. The van der Waals surface area contributed by atoms with Gasteiger partial charge < -0.3 is 4.55 Å². The number of anilines is 1. The van der Waals surface area contributed by atoms with Crippen LogP contribution in [-0.2, 0) is 17.2 Å². The third-order valence-electron chi connectivity index (χ3n) is 4.95. The van der Waals surface area contributed by atoms with Crippen molar-refractivity contribution in [2.24, 2.45) is 7.05 Å². The Bertz CT molecular complexity index is 1330. The molecule has 9 nitrogen and oxygen atoms in total. The molecule has 11 heteroatoms. The summed E-state index contributed by atoms with van der Waals surface area (Å²) < 4.78 is 35.8. The van der Waals surface area contributed by atoms with Crippen molar-refractivity contribution in [1.29, 1.82) is 0 Å². The topological polar surface area (TPSA) is 125 Å². The smallest absolute Gasteiger partial charge is 0.744 e. The van der Waals surface area contributed by atoms with E-state index in [0.29, 0.717) is 28.3 Å². The quantitative estimate of drug-likeness (QED) is 0.283. The van der Waals surface area contributed by atoms with Gasteiger partial charge in [0.05, 0.1) is 44.3 Å². The van der Waals surface area contributed by atoms with E-state index in [0.717, 1.165) is 17.0 Å². The van der Waals surface area contributed by atoms with Crippen LogP contribution in [0.1, 0.15) is 37.8 Å². The second-order valence-electron chi connectivity index (χ2n) is 6.67. The molecule has 4 rings (SSSR count). The Kier molecular flexibility index (Phi) is 5.21. The van der Waals surface area contributed by atoms with Crippen LogP contribution in [-0.4, -0.2) is 39.5 Å². The average Bonchev–Trinajstić information content (AvgIpc) is 3.00. The molecule has 2 aromatic heterocycles. The molecule has 2 amide bonds. The van der Waals surface area contributed by atoms with Gasteiger partial charge in [0.2, 0.25) is 0 Å². The van der Waals surface area contributed by atoms with Gasteiger partial charge in [0.1, 0.15) is 10.1 Å². The van der Waals surface area contributed by atoms with Gasteiger partial charge in [0.25, 0.3) is 11.8 Å². The van der Waals surface area contributed by atoms with Crippen LogP contribution in [0.5, 0.6) is 0 Å². The minimum absolute atomic E-state index is 0. The summed E-state index contributed by atoms with van der Waals surface area (Å²) in [5.74, 6) is -1.16. The molecule has 3 heterocycles. The summed E-state index contributed by atoms with van der Waals surface area (Å²) in [6, 6.07) is 3.59. The third-order valence-corrected chi connectivity index (χ3v) is 5.79. The number of pyridine rings is 1. The predicted octanol–water partition coefficient (Wildman–Crippen LogP) is -1.40. The fourth-order valence-electron chi connectivity index (χ4n) is 3.61. The molecule has 1 aromatic carbocycles. The van der Waals surface area contributed by atoms with E-state index in [4.69, 9.17) is 0 Å². The number of imide groups is 1. The molecule has 0 unspecified atom stereocenters. The zero-order valence-corrected chi connectivity index (χ0v) is 19.3. The van der Waals surface area contributed by atoms with E-state index < -0.39 is 26.8 Å². The number of rotatable bonds is 2. The molecule has 0 N–H and O–H groups in total. The van der Waals surface area contributed by atoms with Gasteiger partial charge in [-0.05, 0) is 39.0 Å². The second-order valence-corrected chi connectivity index (χ2v) is 8.05. The van der Waals surface area contributed by atoms with Crippen molar-refractivity contribution < 1.29 is 52.1 Å². The molecule has 0 radical (unpaired) electrons. The first-order chi connectivity index (χ1) is 13.0. The average molecular weight is 422 g/mol. The van der Waals surface area contributed by atoms with Gasteiger partial charge in [-0.25, -0.2) is 13.3 Å². The van der Waals surface area contributed by atoms with Gasteiger partial charge in [0, 0.05) is 12.4 Å². The number of hydrogen-bond acceptors (Lipinski definition) is 7. The van der Waals surface area contributed by atoms with Crippen LogP contribution in [0.25, 0.3) is 10.9 Å². The molecule has 3 aromatic rings. The van der Waals surface area contributed by atoms with E-state index in [9.17, 15) is 22.6 Å². The van der Waals surface area contributed by atoms with Crippen LogP contribution < -0.4 is 34.5 Å². The fourth-order valence-corrected chi connectivity index (χ4v) is 4.11. The Hall–Kier alpha value is -2.11. The van der Waals surface area contributed by atoms with E-state index >= 15 is 0 Å². The maximum atomic E-state index is 13.3. The molecule has 29 heavy (non-hydrogen) atoms. The normalized spacial score (nSPS) is 13.8. The Labute approximate surface area is 188 Å². The molecular weight excluding hydrogens is 407 g/mol. The van der Waals surface area contributed by atoms with Gasteiger partial charge >= 0.3 is 29.6 Å². The summed E-state index contributed by atoms with van der Waals surface area (Å²) >= 11 is 0. The fraction of sp³-hybridized carbons (Fsp3) is 0.222. The van der Waals surface area contributed by atoms with E-state index in [1.807, 2.05) is 0 Å². The first kappa shape index (κ1) is 21.6. The van der Waals surface area contributed by atoms with Gasteiger partial charge in [-0.2, -0.15) is 5.10 Å². The number of amides is 2. The third kappa shape index (κ3) is 3.11. The molecule has 0 spiro atoms. The van der Waals surface area contributed by atoms with Crippen molar-refractivity contribution in [3.63, 3.8) is 0 Å². The minimum atomic E-state index is -4.73. The van der Waals surface area contributed by atoms with Gasteiger partial charge in [-0.3, -0.25) is 19.3 Å². The van der Waals surface area contributed by atoms with Gasteiger partial charge in [0.15, 0.2) is 0 Å². The predicted molar refractivity (Wildman–Crippen MR) is 98.3 cm³/mol. The number of carbonyl (C=O) groups excluding carboxylic acids is 2. The molecule has 0 aliphatic carbocycles. The molecule has 0 saturated heterocycles. The summed E-state index contributed by atoms with van der Waals surface area (Å²) in [4.78, 5) is 31.2. The molecule has 1 aliphatic heterocycles. The van der Waals surface area contributed by atoms with Crippen LogP contribution in [0.15, 0.2) is 23.1 Å². The van der Waals surface area contributed by atoms with Gasteiger partial charge in [-0.15, -0.1) is 0 Å². The minimum Gasteiger partial charge on any atom is -0.744 e. The maximum absolute atomic E-state index is 13.3. The summed E-state index contributed by atoms with van der Waals surface area (Å²) in [5.41, 5.74) is 2.33. The standard InChI is InChI=1S/C18H16N4O5S.Na/c1-8-14-15(12-7-11(28(25,26)27)5-6-13(12)19-8)18(24)22(17(14)23)16-9(2)20-21(4)10(16)3;/h5-7H,1-4H3,(H,25,26,27);/q;+1/p-1. The number of nitrogens with zero attached hydrogens (tertiary/aromatic N) is 4. The molecule has 0 fully saturated rings. The van der Waals surface area contributed by atoms with Crippen LogP contribution in [0.4, 0.5) is 5.69 Å². The van der Waals surface area contributed by atoms with E-state index in [1.165, 1.54) is 6.07 Å². The Morgan fingerprint density at radius 2 is 1.62 bits per heavy atom. The Balaban J connectivity index is 0.00000240. The van der Waals surface area contributed by atoms with Crippen molar-refractivity contribution in [3.8, 4) is 0 Å². The van der Waals surface area contributed by atoms with Crippen LogP contribution in [0.3, 0.4) is 0 Å². The first-order valence-electron chi connectivity index (χ1n) is 8.31. The number of benzene rings is 1. The van der Waals surface area contributed by atoms with Crippen molar-refractivity contribution in [2.45, 2.75) is 25.7 Å². The molecule has 144 valence electrons.